The molecular formula is C26H24N4S. The SMILES string of the molecule is Cc1cccc(-n2cccc2C2C(c3ccccn3)NC(=S)N2Cc2ccccc2)c1. The van der Waals surface area contributed by atoms with Crippen LogP contribution in [0.5, 0.6) is 0 Å². The zero-order valence-corrected chi connectivity index (χ0v) is 18.2. The normalized spacial score (nSPS) is 18.2. The van der Waals surface area contributed by atoms with Crippen molar-refractivity contribution >= 4 is 17.3 Å². The van der Waals surface area contributed by atoms with Crippen LogP contribution in [0.15, 0.2) is 97.3 Å². The maximum atomic E-state index is 5.83. The average molecular weight is 425 g/mol. The lowest BCUT2D eigenvalue weighted by Gasteiger charge is -2.29. The fourth-order valence-electron chi connectivity index (χ4n) is 4.33. The molecule has 0 spiro atoms. The summed E-state index contributed by atoms with van der Waals surface area (Å²) >= 11 is 5.83. The second-order valence-electron chi connectivity index (χ2n) is 7.88. The lowest BCUT2D eigenvalue weighted by atomic mass is 10.0. The van der Waals surface area contributed by atoms with Crippen molar-refractivity contribution in [3.05, 3.63) is 120 Å². The molecule has 4 aromatic rings. The van der Waals surface area contributed by atoms with Crippen LogP contribution in [-0.2, 0) is 6.54 Å². The average Bonchev–Trinajstić information content (AvgIpc) is 3.40. The summed E-state index contributed by atoms with van der Waals surface area (Å²) in [6, 6.07) is 29.4. The minimum absolute atomic E-state index is 0.0121. The monoisotopic (exact) mass is 424 g/mol. The minimum Gasteiger partial charge on any atom is -0.352 e. The molecule has 1 saturated heterocycles. The summed E-state index contributed by atoms with van der Waals surface area (Å²) in [7, 11) is 0. The van der Waals surface area contributed by atoms with Crippen molar-refractivity contribution < 1.29 is 0 Å². The number of aromatic nitrogens is 2. The van der Waals surface area contributed by atoms with Crippen molar-refractivity contribution in [1.29, 1.82) is 0 Å². The number of hydrogen-bond donors (Lipinski definition) is 1. The molecule has 2 unspecified atom stereocenters. The van der Waals surface area contributed by atoms with Crippen LogP contribution in [0.3, 0.4) is 0 Å². The Balaban J connectivity index is 1.61. The van der Waals surface area contributed by atoms with Gasteiger partial charge in [-0.25, -0.2) is 0 Å². The van der Waals surface area contributed by atoms with Gasteiger partial charge in [-0.3, -0.25) is 4.98 Å². The predicted molar refractivity (Wildman–Crippen MR) is 128 cm³/mol. The summed E-state index contributed by atoms with van der Waals surface area (Å²) in [5.41, 5.74) is 5.79. The van der Waals surface area contributed by atoms with Gasteiger partial charge in [0.1, 0.15) is 0 Å². The summed E-state index contributed by atoms with van der Waals surface area (Å²) in [6.07, 6.45) is 3.97. The number of hydrogen-bond acceptors (Lipinski definition) is 2. The first kappa shape index (κ1) is 19.5. The van der Waals surface area contributed by atoms with E-state index in [1.54, 1.807) is 0 Å². The minimum atomic E-state index is -0.0316. The van der Waals surface area contributed by atoms with Crippen molar-refractivity contribution in [2.75, 3.05) is 0 Å². The second-order valence-corrected chi connectivity index (χ2v) is 8.27. The molecule has 31 heavy (non-hydrogen) atoms. The van der Waals surface area contributed by atoms with Gasteiger partial charge in [0.15, 0.2) is 5.11 Å². The van der Waals surface area contributed by atoms with Crippen molar-refractivity contribution in [3.63, 3.8) is 0 Å². The van der Waals surface area contributed by atoms with Crippen LogP contribution in [0, 0.1) is 6.92 Å². The molecule has 1 aliphatic heterocycles. The van der Waals surface area contributed by atoms with Gasteiger partial charge in [0, 0.05) is 30.3 Å². The largest absolute Gasteiger partial charge is 0.352 e. The fraction of sp³-hybridized carbons (Fsp3) is 0.154. The summed E-state index contributed by atoms with van der Waals surface area (Å²) < 4.78 is 2.27. The first-order valence-electron chi connectivity index (χ1n) is 10.5. The van der Waals surface area contributed by atoms with Gasteiger partial charge in [0.05, 0.1) is 17.8 Å². The summed E-state index contributed by atoms with van der Waals surface area (Å²) in [5.74, 6) is 0. The van der Waals surface area contributed by atoms with Crippen molar-refractivity contribution in [3.8, 4) is 5.69 Å². The molecule has 1 fully saturated rings. The molecule has 0 saturated carbocycles. The number of nitrogens with one attached hydrogen (secondary N) is 1. The predicted octanol–water partition coefficient (Wildman–Crippen LogP) is 5.35. The van der Waals surface area contributed by atoms with Crippen LogP contribution in [0.2, 0.25) is 0 Å². The summed E-state index contributed by atoms with van der Waals surface area (Å²) in [5, 5.41) is 4.30. The molecule has 5 heteroatoms. The van der Waals surface area contributed by atoms with E-state index >= 15 is 0 Å². The van der Waals surface area contributed by atoms with E-state index in [0.717, 1.165) is 23.0 Å². The highest BCUT2D eigenvalue weighted by Crippen LogP contribution is 2.40. The molecule has 2 aromatic carbocycles. The number of benzene rings is 2. The zero-order chi connectivity index (χ0) is 21.2. The van der Waals surface area contributed by atoms with Crippen LogP contribution >= 0.6 is 12.2 Å². The van der Waals surface area contributed by atoms with Crippen LogP contribution in [-0.4, -0.2) is 19.6 Å². The van der Waals surface area contributed by atoms with E-state index < -0.39 is 0 Å². The quantitative estimate of drug-likeness (QED) is 0.438. The van der Waals surface area contributed by atoms with Gasteiger partial charge in [-0.15, -0.1) is 0 Å². The van der Waals surface area contributed by atoms with Crippen LogP contribution < -0.4 is 5.32 Å². The number of thiocarbonyl (C=S) groups is 1. The van der Waals surface area contributed by atoms with Crippen LogP contribution in [0.4, 0.5) is 0 Å². The number of rotatable bonds is 5. The van der Waals surface area contributed by atoms with E-state index in [-0.39, 0.29) is 12.1 Å². The van der Waals surface area contributed by atoms with E-state index in [1.165, 1.54) is 16.8 Å². The third kappa shape index (κ3) is 3.84. The summed E-state index contributed by atoms with van der Waals surface area (Å²) in [6.45, 7) is 2.86. The van der Waals surface area contributed by atoms with Crippen LogP contribution in [0.1, 0.15) is 34.6 Å². The molecule has 4 nitrogen and oxygen atoms in total. The molecule has 0 radical (unpaired) electrons. The topological polar surface area (TPSA) is 33.1 Å². The molecule has 1 N–H and O–H groups in total. The van der Waals surface area contributed by atoms with E-state index in [2.05, 4.69) is 99.6 Å². The van der Waals surface area contributed by atoms with Crippen molar-refractivity contribution in [2.24, 2.45) is 0 Å². The maximum absolute atomic E-state index is 5.83. The molecule has 1 aliphatic rings. The van der Waals surface area contributed by atoms with Gasteiger partial charge in [0.2, 0.25) is 0 Å². The van der Waals surface area contributed by atoms with Crippen LogP contribution in [0.25, 0.3) is 5.69 Å². The standard InChI is InChI=1S/C26H24N4S/c1-19-9-7-12-21(17-19)29-16-8-14-23(29)25-24(22-13-5-6-15-27-22)28-26(31)30(25)18-20-10-3-2-4-11-20/h2-17,24-25H,18H2,1H3,(H,28,31). The van der Waals surface area contributed by atoms with E-state index in [0.29, 0.717) is 0 Å². The molecule has 2 atom stereocenters. The molecule has 154 valence electrons. The Morgan fingerprint density at radius 1 is 0.935 bits per heavy atom. The number of aryl methyl sites for hydroxylation is 1. The smallest absolute Gasteiger partial charge is 0.170 e. The van der Waals surface area contributed by atoms with Gasteiger partial charge in [0.25, 0.3) is 0 Å². The van der Waals surface area contributed by atoms with Crippen molar-refractivity contribution in [1.82, 2.24) is 19.8 Å². The van der Waals surface area contributed by atoms with Gasteiger partial charge in [-0.05, 0) is 66.7 Å². The third-order valence-corrected chi connectivity index (χ3v) is 6.11. The van der Waals surface area contributed by atoms with E-state index in [1.807, 2.05) is 24.4 Å². The molecule has 5 rings (SSSR count). The Hall–Kier alpha value is -3.44. The first-order valence-corrected chi connectivity index (χ1v) is 10.9. The maximum Gasteiger partial charge on any atom is 0.170 e. The summed E-state index contributed by atoms with van der Waals surface area (Å²) in [4.78, 5) is 6.94. The van der Waals surface area contributed by atoms with E-state index in [4.69, 9.17) is 12.2 Å². The fourth-order valence-corrected chi connectivity index (χ4v) is 4.63. The van der Waals surface area contributed by atoms with Gasteiger partial charge >= 0.3 is 0 Å². The molecule has 3 heterocycles. The second kappa shape index (κ2) is 8.36. The molecule has 0 bridgehead atoms. The molecule has 0 amide bonds. The van der Waals surface area contributed by atoms with Gasteiger partial charge in [-0.2, -0.15) is 0 Å². The highest BCUT2D eigenvalue weighted by atomic mass is 32.1. The zero-order valence-electron chi connectivity index (χ0n) is 17.3. The third-order valence-electron chi connectivity index (χ3n) is 5.76. The number of nitrogens with zero attached hydrogens (tertiary/aromatic N) is 3. The molecular weight excluding hydrogens is 400 g/mol. The Bertz CT molecular complexity index is 1190. The Morgan fingerprint density at radius 3 is 2.55 bits per heavy atom. The highest BCUT2D eigenvalue weighted by molar-refractivity contribution is 7.80. The first-order chi connectivity index (χ1) is 15.2. The number of pyridine rings is 1. The molecule has 2 aromatic heterocycles. The lowest BCUT2D eigenvalue weighted by molar-refractivity contribution is 0.302. The van der Waals surface area contributed by atoms with Crippen molar-refractivity contribution in [2.45, 2.75) is 25.6 Å². The lowest BCUT2D eigenvalue weighted by Crippen LogP contribution is -2.30. The van der Waals surface area contributed by atoms with E-state index in [9.17, 15) is 0 Å². The highest BCUT2D eigenvalue weighted by Gasteiger charge is 2.41. The van der Waals surface area contributed by atoms with Gasteiger partial charge in [-0.1, -0.05) is 48.5 Å². The van der Waals surface area contributed by atoms with Gasteiger partial charge < -0.3 is 14.8 Å². The Morgan fingerprint density at radius 2 is 1.77 bits per heavy atom. The molecule has 0 aliphatic carbocycles. The Kier molecular flexibility index (Phi) is 5.26. The Labute approximate surface area is 188 Å².